The third-order valence-electron chi connectivity index (χ3n) is 4.58. The third kappa shape index (κ3) is 17.3. The molecule has 148 valence electrons. The van der Waals surface area contributed by atoms with Crippen molar-refractivity contribution in [1.82, 2.24) is 10.6 Å². The summed E-state index contributed by atoms with van der Waals surface area (Å²) < 4.78 is 0. The summed E-state index contributed by atoms with van der Waals surface area (Å²) in [4.78, 5) is 42.8. The zero-order valence-electron chi connectivity index (χ0n) is 18.2. The molecule has 0 amide bonds. The van der Waals surface area contributed by atoms with Crippen LogP contribution in [0.4, 0.5) is 0 Å². The molecule has 0 spiro atoms. The molecule has 0 saturated heterocycles. The van der Waals surface area contributed by atoms with Crippen molar-refractivity contribution in [2.24, 2.45) is 11.8 Å². The SMILES string of the molecule is O=C([O-])CC(NCC1CCC(CNC(CC(=O)[O-])C(=O)[O-])CC1)C(=O)[O-].[Na+].[Na+].[Na+].[Na+]. The van der Waals surface area contributed by atoms with E-state index in [1.807, 2.05) is 0 Å². The molecule has 0 aromatic heterocycles. The molecule has 1 saturated carbocycles. The minimum absolute atomic E-state index is 0. The van der Waals surface area contributed by atoms with E-state index in [1.165, 1.54) is 0 Å². The molecular weight excluding hydrogens is 440 g/mol. The molecule has 0 aromatic carbocycles. The fraction of sp³-hybridized carbons (Fsp3) is 0.750. The third-order valence-corrected chi connectivity index (χ3v) is 4.58. The van der Waals surface area contributed by atoms with Gasteiger partial charge >= 0.3 is 118 Å². The van der Waals surface area contributed by atoms with Crippen molar-refractivity contribution in [3.05, 3.63) is 0 Å². The molecule has 2 atom stereocenters. The standard InChI is InChI=1S/C16H26N2O8.4Na/c19-13(20)5-11(15(23)24)17-7-9-1-2-10(4-3-9)8-18-12(16(25)26)6-14(21)22;;;;/h9-12,17-18H,1-8H2,(H,19,20)(H,21,22)(H,23,24)(H,25,26);;;;/q;4*+1/p-4. The average molecular weight is 462 g/mol. The van der Waals surface area contributed by atoms with Gasteiger partial charge in [0, 0.05) is 24.8 Å². The molecule has 1 aliphatic carbocycles. The summed E-state index contributed by atoms with van der Waals surface area (Å²) >= 11 is 0. The summed E-state index contributed by atoms with van der Waals surface area (Å²) in [6.07, 6.45) is 1.68. The number of rotatable bonds is 12. The molecule has 0 radical (unpaired) electrons. The first-order chi connectivity index (χ1) is 12.2. The predicted octanol–water partition coefficient (Wildman–Crippen LogP) is -17.5. The van der Waals surface area contributed by atoms with E-state index in [2.05, 4.69) is 10.6 Å². The fourth-order valence-corrected chi connectivity index (χ4v) is 3.07. The summed E-state index contributed by atoms with van der Waals surface area (Å²) in [5, 5.41) is 48.1. The number of carboxylic acids is 4. The molecule has 1 aliphatic rings. The van der Waals surface area contributed by atoms with Crippen LogP contribution in [-0.2, 0) is 19.2 Å². The van der Waals surface area contributed by atoms with Gasteiger partial charge in [0.15, 0.2) is 0 Å². The van der Waals surface area contributed by atoms with E-state index >= 15 is 0 Å². The van der Waals surface area contributed by atoms with E-state index in [1.54, 1.807) is 0 Å². The molecule has 1 rings (SSSR count). The Bertz CT molecular complexity index is 487. The second-order valence-electron chi connectivity index (χ2n) is 6.60. The maximum Gasteiger partial charge on any atom is 1.00 e. The first-order valence-electron chi connectivity index (χ1n) is 8.47. The molecule has 30 heavy (non-hydrogen) atoms. The van der Waals surface area contributed by atoms with Crippen LogP contribution in [0.15, 0.2) is 0 Å². The Morgan fingerprint density at radius 1 is 0.633 bits per heavy atom. The van der Waals surface area contributed by atoms with Crippen molar-refractivity contribution in [2.75, 3.05) is 13.1 Å². The van der Waals surface area contributed by atoms with Gasteiger partial charge in [-0.05, 0) is 50.6 Å². The van der Waals surface area contributed by atoms with E-state index in [-0.39, 0.29) is 130 Å². The first-order valence-corrected chi connectivity index (χ1v) is 8.47. The molecule has 1 fully saturated rings. The number of hydrogen-bond donors (Lipinski definition) is 2. The molecule has 0 bridgehead atoms. The first kappa shape index (κ1) is 39.0. The molecule has 2 N–H and O–H groups in total. The number of aliphatic carboxylic acids is 4. The van der Waals surface area contributed by atoms with Gasteiger partial charge in [-0.2, -0.15) is 0 Å². The average Bonchev–Trinajstić information content (AvgIpc) is 2.55. The largest absolute Gasteiger partial charge is 1.00 e. The van der Waals surface area contributed by atoms with E-state index in [0.29, 0.717) is 13.1 Å². The maximum atomic E-state index is 10.9. The molecular formula is C16H22N2Na4O8. The zero-order valence-corrected chi connectivity index (χ0v) is 26.2. The van der Waals surface area contributed by atoms with Gasteiger partial charge in [0.05, 0.1) is 24.0 Å². The van der Waals surface area contributed by atoms with Crippen LogP contribution in [0.1, 0.15) is 38.5 Å². The Morgan fingerprint density at radius 2 is 0.900 bits per heavy atom. The minimum Gasteiger partial charge on any atom is -0.550 e. The maximum absolute atomic E-state index is 10.9. The molecule has 10 nitrogen and oxygen atoms in total. The number of hydrogen-bond acceptors (Lipinski definition) is 10. The van der Waals surface area contributed by atoms with Gasteiger partial charge in [-0.25, -0.2) is 0 Å². The smallest absolute Gasteiger partial charge is 0.550 e. The van der Waals surface area contributed by atoms with Gasteiger partial charge < -0.3 is 50.2 Å². The van der Waals surface area contributed by atoms with Crippen molar-refractivity contribution in [1.29, 1.82) is 0 Å². The van der Waals surface area contributed by atoms with Gasteiger partial charge in [-0.3, -0.25) is 0 Å². The number of nitrogens with one attached hydrogen (secondary N) is 2. The Kier molecular flexibility index (Phi) is 27.8. The van der Waals surface area contributed by atoms with Crippen LogP contribution in [0.2, 0.25) is 0 Å². The van der Waals surface area contributed by atoms with Crippen molar-refractivity contribution in [2.45, 2.75) is 50.6 Å². The Morgan fingerprint density at radius 3 is 1.10 bits per heavy atom. The van der Waals surface area contributed by atoms with Crippen molar-refractivity contribution >= 4 is 23.9 Å². The second-order valence-corrected chi connectivity index (χ2v) is 6.60. The summed E-state index contributed by atoms with van der Waals surface area (Å²) in [5.74, 6) is -5.60. The number of carbonyl (C=O) groups excluding carboxylic acids is 4. The van der Waals surface area contributed by atoms with Crippen LogP contribution in [0.25, 0.3) is 0 Å². The van der Waals surface area contributed by atoms with Crippen LogP contribution < -0.4 is 149 Å². The van der Waals surface area contributed by atoms with Crippen molar-refractivity contribution in [3.63, 3.8) is 0 Å². The summed E-state index contributed by atoms with van der Waals surface area (Å²) in [6.45, 7) is 0.664. The molecule has 14 heteroatoms. The van der Waals surface area contributed by atoms with Crippen LogP contribution >= 0.6 is 0 Å². The summed E-state index contributed by atoms with van der Waals surface area (Å²) in [6, 6.07) is -2.60. The van der Waals surface area contributed by atoms with Gasteiger partial charge in [-0.15, -0.1) is 0 Å². The van der Waals surface area contributed by atoms with Gasteiger partial charge in [0.25, 0.3) is 0 Å². The van der Waals surface area contributed by atoms with E-state index in [4.69, 9.17) is 0 Å². The Balaban J connectivity index is -0.000000845. The minimum atomic E-state index is -1.49. The number of carbonyl (C=O) groups is 4. The quantitative estimate of drug-likeness (QED) is 0.264. The molecule has 0 aromatic rings. The van der Waals surface area contributed by atoms with Crippen LogP contribution in [0.3, 0.4) is 0 Å². The topological polar surface area (TPSA) is 185 Å². The van der Waals surface area contributed by atoms with E-state index in [0.717, 1.165) is 25.7 Å². The van der Waals surface area contributed by atoms with E-state index in [9.17, 15) is 39.6 Å². The number of carboxylic acid groups (broad SMARTS) is 4. The predicted molar refractivity (Wildman–Crippen MR) is 78.3 cm³/mol. The summed E-state index contributed by atoms with van der Waals surface area (Å²) in [7, 11) is 0. The normalized spacial score (nSPS) is 19.3. The van der Waals surface area contributed by atoms with Gasteiger partial charge in [0.1, 0.15) is 0 Å². The van der Waals surface area contributed by atoms with E-state index < -0.39 is 48.8 Å². The molecule has 2 unspecified atom stereocenters. The Hall–Kier alpha value is 1.80. The van der Waals surface area contributed by atoms with Crippen LogP contribution in [0, 0.1) is 11.8 Å². The van der Waals surface area contributed by atoms with Gasteiger partial charge in [-0.1, -0.05) is 0 Å². The van der Waals surface area contributed by atoms with Crippen LogP contribution in [0.5, 0.6) is 0 Å². The van der Waals surface area contributed by atoms with Crippen LogP contribution in [-0.4, -0.2) is 49.1 Å². The van der Waals surface area contributed by atoms with Crippen molar-refractivity contribution < 1.29 is 158 Å². The summed E-state index contributed by atoms with van der Waals surface area (Å²) in [5.41, 5.74) is 0. The Labute approximate surface area is 264 Å². The van der Waals surface area contributed by atoms with Crippen molar-refractivity contribution in [3.8, 4) is 0 Å². The zero-order chi connectivity index (χ0) is 19.7. The second kappa shape index (κ2) is 21.3. The molecule has 0 aliphatic heterocycles. The van der Waals surface area contributed by atoms with Gasteiger partial charge in [0.2, 0.25) is 0 Å². The monoisotopic (exact) mass is 462 g/mol. The fourth-order valence-electron chi connectivity index (χ4n) is 3.07. The molecule has 0 heterocycles.